The van der Waals surface area contributed by atoms with Crippen LogP contribution in [0.3, 0.4) is 0 Å². The first-order valence-corrected chi connectivity index (χ1v) is 2.60. The first-order valence-electron chi connectivity index (χ1n) is 2.60. The molecule has 0 saturated heterocycles. The van der Waals surface area contributed by atoms with Crippen molar-refractivity contribution in [3.63, 3.8) is 0 Å². The minimum absolute atomic E-state index is 0. The molecule has 4 heteroatoms. The highest BCUT2D eigenvalue weighted by molar-refractivity contribution is 5.90. The Bertz CT molecular complexity index is 91.9. The molecule has 0 atom stereocenters. The number of rotatable bonds is 1. The molecule has 3 N–H and O–H groups in total. The van der Waals surface area contributed by atoms with Crippen LogP contribution in [0.25, 0.3) is 0 Å². The lowest BCUT2D eigenvalue weighted by Crippen LogP contribution is -2.10. The molecular formula is C6H15ClN2O. The van der Waals surface area contributed by atoms with E-state index in [-0.39, 0.29) is 12.4 Å². The summed E-state index contributed by atoms with van der Waals surface area (Å²) in [4.78, 5) is 9.82. The summed E-state index contributed by atoms with van der Waals surface area (Å²) in [6, 6.07) is 0. The zero-order valence-corrected chi connectivity index (χ0v) is 7.42. The minimum atomic E-state index is -0.435. The molecule has 0 heterocycles. The molecule has 1 amide bonds. The molecule has 0 aliphatic carbocycles. The van der Waals surface area contributed by atoms with Gasteiger partial charge < -0.3 is 11.1 Å². The minimum Gasteiger partial charge on any atom is -0.366 e. The topological polar surface area (TPSA) is 55.1 Å². The van der Waals surface area contributed by atoms with Crippen molar-refractivity contribution in [3.8, 4) is 0 Å². The fourth-order valence-corrected chi connectivity index (χ4v) is 0. The van der Waals surface area contributed by atoms with Gasteiger partial charge in [0.05, 0.1) is 0 Å². The van der Waals surface area contributed by atoms with Crippen LogP contribution in [0.15, 0.2) is 12.2 Å². The van der Waals surface area contributed by atoms with Gasteiger partial charge >= 0.3 is 0 Å². The molecule has 0 aromatic heterocycles. The zero-order chi connectivity index (χ0) is 7.86. The molecule has 0 aliphatic heterocycles. The second kappa shape index (κ2) is 11.3. The van der Waals surface area contributed by atoms with E-state index in [0.717, 1.165) is 0 Å². The van der Waals surface area contributed by atoms with E-state index in [1.807, 2.05) is 14.1 Å². The van der Waals surface area contributed by atoms with Crippen LogP contribution in [-0.2, 0) is 4.79 Å². The van der Waals surface area contributed by atoms with E-state index in [4.69, 9.17) is 5.73 Å². The van der Waals surface area contributed by atoms with Gasteiger partial charge in [-0.3, -0.25) is 4.79 Å². The highest BCUT2D eigenvalue weighted by atomic mass is 35.5. The van der Waals surface area contributed by atoms with Gasteiger partial charge in [-0.15, -0.1) is 12.4 Å². The number of primary amides is 1. The molecule has 0 rings (SSSR count). The van der Waals surface area contributed by atoms with E-state index >= 15 is 0 Å². The lowest BCUT2D eigenvalue weighted by molar-refractivity contribution is -0.114. The molecule has 0 aliphatic rings. The predicted octanol–water partition coefficient (Wildman–Crippen LogP) is 0.305. The van der Waals surface area contributed by atoms with Crippen LogP contribution in [-0.4, -0.2) is 20.0 Å². The van der Waals surface area contributed by atoms with Crippen molar-refractivity contribution in [1.29, 1.82) is 0 Å². The van der Waals surface area contributed by atoms with Crippen LogP contribution < -0.4 is 11.1 Å². The van der Waals surface area contributed by atoms with Gasteiger partial charge in [-0.25, -0.2) is 0 Å². The van der Waals surface area contributed by atoms with Crippen LogP contribution in [0.5, 0.6) is 0 Å². The molecule has 0 fully saturated rings. The third-order valence-electron chi connectivity index (χ3n) is 0.421. The molecule has 0 unspecified atom stereocenters. The van der Waals surface area contributed by atoms with Crippen molar-refractivity contribution in [2.45, 2.75) is 6.92 Å². The third kappa shape index (κ3) is 26.0. The Labute approximate surface area is 68.1 Å². The second-order valence-electron chi connectivity index (χ2n) is 1.64. The van der Waals surface area contributed by atoms with Crippen LogP contribution in [0.1, 0.15) is 6.92 Å². The molecule has 10 heavy (non-hydrogen) atoms. The Kier molecular flexibility index (Phi) is 18.3. The fraction of sp³-hybridized carbons (Fsp3) is 0.500. The molecule has 0 spiro atoms. The Hall–Kier alpha value is -0.540. The maximum Gasteiger partial charge on any atom is 0.243 e. The Morgan fingerprint density at radius 3 is 1.60 bits per heavy atom. The highest BCUT2D eigenvalue weighted by Crippen LogP contribution is 1.78. The second-order valence-corrected chi connectivity index (χ2v) is 1.64. The molecule has 62 valence electrons. The quantitative estimate of drug-likeness (QED) is 0.551. The summed E-state index contributed by atoms with van der Waals surface area (Å²) in [5, 5.41) is 2.75. The van der Waals surface area contributed by atoms with Crippen molar-refractivity contribution in [3.05, 3.63) is 12.2 Å². The van der Waals surface area contributed by atoms with Crippen LogP contribution in [0, 0.1) is 0 Å². The average molecular weight is 167 g/mol. The van der Waals surface area contributed by atoms with Gasteiger partial charge in [0.2, 0.25) is 5.91 Å². The van der Waals surface area contributed by atoms with Gasteiger partial charge in [0.1, 0.15) is 0 Å². The van der Waals surface area contributed by atoms with Gasteiger partial charge in [-0.05, 0) is 21.0 Å². The van der Waals surface area contributed by atoms with Crippen molar-refractivity contribution in [2.75, 3.05) is 14.1 Å². The summed E-state index contributed by atoms with van der Waals surface area (Å²) < 4.78 is 0. The number of amides is 1. The summed E-state index contributed by atoms with van der Waals surface area (Å²) >= 11 is 0. The van der Waals surface area contributed by atoms with E-state index in [9.17, 15) is 4.79 Å². The van der Waals surface area contributed by atoms with Crippen LogP contribution >= 0.6 is 12.4 Å². The van der Waals surface area contributed by atoms with Crippen LogP contribution in [0.2, 0.25) is 0 Å². The normalized spacial score (nSPS) is 6.30. The number of carbonyl (C=O) groups is 1. The van der Waals surface area contributed by atoms with E-state index < -0.39 is 5.91 Å². The van der Waals surface area contributed by atoms with Gasteiger partial charge in [0.15, 0.2) is 0 Å². The maximum absolute atomic E-state index is 9.82. The Balaban J connectivity index is -0.000000107. The average Bonchev–Trinajstić information content (AvgIpc) is 1.68. The first-order chi connectivity index (χ1) is 4.06. The van der Waals surface area contributed by atoms with Gasteiger partial charge in [-0.1, -0.05) is 6.58 Å². The third-order valence-corrected chi connectivity index (χ3v) is 0.421. The standard InChI is InChI=1S/C4H7NO.C2H7N.ClH/c1-3(2)4(5)6;1-3-2;/h1H2,2H3,(H2,5,6);3H,1-2H3;1H. The van der Waals surface area contributed by atoms with E-state index in [1.165, 1.54) is 0 Å². The number of nitrogens with one attached hydrogen (secondary N) is 1. The van der Waals surface area contributed by atoms with Crippen molar-refractivity contribution in [1.82, 2.24) is 5.32 Å². The Morgan fingerprint density at radius 1 is 1.50 bits per heavy atom. The van der Waals surface area contributed by atoms with E-state index in [2.05, 4.69) is 11.9 Å². The summed E-state index contributed by atoms with van der Waals surface area (Å²) in [5.74, 6) is -0.435. The lowest BCUT2D eigenvalue weighted by atomic mass is 10.3. The molecule has 0 bridgehead atoms. The number of halogens is 1. The van der Waals surface area contributed by atoms with Crippen molar-refractivity contribution < 1.29 is 4.79 Å². The van der Waals surface area contributed by atoms with E-state index in [0.29, 0.717) is 5.57 Å². The smallest absolute Gasteiger partial charge is 0.243 e. The number of nitrogens with two attached hydrogens (primary N) is 1. The highest BCUT2D eigenvalue weighted by Gasteiger charge is 1.86. The molecule has 0 aromatic carbocycles. The zero-order valence-electron chi connectivity index (χ0n) is 6.60. The van der Waals surface area contributed by atoms with Gasteiger partial charge in [0, 0.05) is 5.57 Å². The van der Waals surface area contributed by atoms with Crippen LogP contribution in [0.4, 0.5) is 0 Å². The first kappa shape index (κ1) is 16.2. The monoisotopic (exact) mass is 166 g/mol. The predicted molar refractivity (Wildman–Crippen MR) is 46.2 cm³/mol. The molecule has 0 aromatic rings. The van der Waals surface area contributed by atoms with Gasteiger partial charge in [0.25, 0.3) is 0 Å². The molecular weight excluding hydrogens is 152 g/mol. The Morgan fingerprint density at radius 2 is 1.60 bits per heavy atom. The van der Waals surface area contributed by atoms with Crippen molar-refractivity contribution in [2.24, 2.45) is 5.73 Å². The van der Waals surface area contributed by atoms with E-state index in [1.54, 1.807) is 6.92 Å². The summed E-state index contributed by atoms with van der Waals surface area (Å²) in [7, 11) is 3.75. The van der Waals surface area contributed by atoms with Crippen molar-refractivity contribution >= 4 is 18.3 Å². The summed E-state index contributed by atoms with van der Waals surface area (Å²) in [5.41, 5.74) is 5.09. The van der Waals surface area contributed by atoms with Gasteiger partial charge in [-0.2, -0.15) is 0 Å². The summed E-state index contributed by atoms with van der Waals surface area (Å²) in [6.45, 7) is 4.85. The fourth-order valence-electron chi connectivity index (χ4n) is 0. The molecule has 0 radical (unpaired) electrons. The lowest BCUT2D eigenvalue weighted by Gasteiger charge is -1.81. The maximum atomic E-state index is 9.82. The number of hydrogen-bond donors (Lipinski definition) is 2. The molecule has 3 nitrogen and oxygen atoms in total. The molecule has 0 saturated carbocycles. The SMILES string of the molecule is C=C(C)C(N)=O.CNC.Cl. The largest absolute Gasteiger partial charge is 0.366 e. The summed E-state index contributed by atoms with van der Waals surface area (Å²) in [6.07, 6.45) is 0. The number of carbonyl (C=O) groups excluding carboxylic acids is 1. The number of hydrogen-bond acceptors (Lipinski definition) is 2.